The number of carboxylic acids is 1. The van der Waals surface area contributed by atoms with E-state index in [1.54, 1.807) is 72.8 Å². The number of benzene rings is 3. The summed E-state index contributed by atoms with van der Waals surface area (Å²) in [5, 5.41) is 53.9. The molecule has 108 heavy (non-hydrogen) atoms. The van der Waals surface area contributed by atoms with Crippen LogP contribution in [0.3, 0.4) is 0 Å². The van der Waals surface area contributed by atoms with Gasteiger partial charge in [0.2, 0.25) is 70.9 Å². The number of aromatic nitrogens is 2. The van der Waals surface area contributed by atoms with E-state index in [9.17, 15) is 77.6 Å². The number of phenols is 1. The largest absolute Gasteiger partial charge is 0.508 e. The molecule has 588 valence electrons. The number of guanidine groups is 1. The van der Waals surface area contributed by atoms with E-state index >= 15 is 0 Å². The predicted molar refractivity (Wildman–Crippen MR) is 404 cm³/mol. The number of aliphatic carboxylic acids is 1. The van der Waals surface area contributed by atoms with Crippen LogP contribution < -0.4 is 65.1 Å². The summed E-state index contributed by atoms with van der Waals surface area (Å²) in [6, 6.07) is 8.46. The molecule has 4 aromatic rings. The fourth-order valence-corrected chi connectivity index (χ4v) is 12.7. The van der Waals surface area contributed by atoms with Crippen molar-refractivity contribution in [2.24, 2.45) is 28.1 Å². The SMILES string of the molecule is CC(C)C[C@@H](C(=O)N[C@@H](Cc1ccc(O)cc1)C(=O)N1CCC[C@H]1C(=O)N[C@@H](CS)C(=O)O)N(C)C(=O)CN1CCC[C@@H](NC(=O)[C@H](Cc2ccccc2)NC(=O)[C@H](Cc2cnc[nH]2)NC(=O)CNC(=O)[C@@H](NC(=O)[C@H](NC(=O)[C@H](Cc2ccccc2)NC(=O)[C@@H](N)CCCN=C(N)N)C(C)(C)S)[C@@H](C)O)C1=O. The normalized spacial score (nSPS) is 17.1. The van der Waals surface area contributed by atoms with Gasteiger partial charge < -0.3 is 100 Å². The molecule has 0 aliphatic carbocycles. The van der Waals surface area contributed by atoms with E-state index in [2.05, 4.69) is 88.1 Å². The number of nitrogens with zero attached hydrogens (tertiary/aromatic N) is 5. The van der Waals surface area contributed by atoms with Gasteiger partial charge in [-0.1, -0.05) is 86.6 Å². The first kappa shape index (κ1) is 86.6. The van der Waals surface area contributed by atoms with Crippen LogP contribution in [0.4, 0.5) is 0 Å². The number of hydrogen-bond acceptors (Lipinski definition) is 20. The minimum atomic E-state index is -1.76. The number of aromatic hydroxyl groups is 1. The molecule has 12 amide bonds. The summed E-state index contributed by atoms with van der Waals surface area (Å²) in [6.07, 6.45) is 2.21. The highest BCUT2D eigenvalue weighted by Gasteiger charge is 2.43. The number of carbonyl (C=O) groups excluding carboxylic acids is 12. The molecule has 0 spiro atoms. The number of aliphatic hydroxyl groups excluding tert-OH is 1. The lowest BCUT2D eigenvalue weighted by molar-refractivity contribution is -0.148. The van der Waals surface area contributed by atoms with Crippen molar-refractivity contribution < 1.29 is 77.6 Å². The molecular formula is C72H102N18O16S2. The Morgan fingerprint density at radius 1 is 0.704 bits per heavy atom. The van der Waals surface area contributed by atoms with Gasteiger partial charge in [-0.15, -0.1) is 0 Å². The third kappa shape index (κ3) is 26.9. The van der Waals surface area contributed by atoms with Gasteiger partial charge in [0.15, 0.2) is 5.96 Å². The molecule has 0 bridgehead atoms. The number of piperidine rings is 1. The van der Waals surface area contributed by atoms with Gasteiger partial charge in [0, 0.05) is 74.8 Å². The zero-order chi connectivity index (χ0) is 79.5. The fraction of sp³-hybridized carbons (Fsp3) is 0.514. The van der Waals surface area contributed by atoms with Gasteiger partial charge in [0.05, 0.1) is 31.6 Å². The van der Waals surface area contributed by atoms with Crippen molar-refractivity contribution in [1.82, 2.24) is 72.5 Å². The molecule has 0 unspecified atom stereocenters. The number of likely N-dealkylation sites (tertiary alicyclic amines) is 2. The number of thiol groups is 2. The van der Waals surface area contributed by atoms with E-state index in [4.69, 9.17) is 17.2 Å². The van der Waals surface area contributed by atoms with Crippen molar-refractivity contribution in [3.63, 3.8) is 0 Å². The molecule has 1 aromatic heterocycles. The average molecular weight is 1540 g/mol. The average Bonchev–Trinajstić information content (AvgIpc) is 1.62. The third-order valence-electron chi connectivity index (χ3n) is 18.2. The number of carbonyl (C=O) groups is 13. The summed E-state index contributed by atoms with van der Waals surface area (Å²) in [5.41, 5.74) is 19.1. The number of nitrogens with one attached hydrogen (secondary N) is 10. The van der Waals surface area contributed by atoms with Crippen LogP contribution in [0.15, 0.2) is 102 Å². The summed E-state index contributed by atoms with van der Waals surface area (Å²) in [5.74, 6) is -11.6. The Balaban J connectivity index is 1.12. The van der Waals surface area contributed by atoms with Crippen LogP contribution >= 0.6 is 25.3 Å². The lowest BCUT2D eigenvalue weighted by atomic mass is 9.99. The molecule has 12 atom stereocenters. The molecule has 34 nitrogen and oxygen atoms in total. The number of aliphatic hydroxyl groups is 1. The van der Waals surface area contributed by atoms with E-state index < -0.39 is 167 Å². The molecular weight excluding hydrogens is 1440 g/mol. The van der Waals surface area contributed by atoms with Crippen molar-refractivity contribution in [1.29, 1.82) is 0 Å². The Morgan fingerprint density at radius 2 is 1.28 bits per heavy atom. The highest BCUT2D eigenvalue weighted by Crippen LogP contribution is 2.24. The lowest BCUT2D eigenvalue weighted by Gasteiger charge is -2.36. The van der Waals surface area contributed by atoms with Gasteiger partial charge in [-0.2, -0.15) is 25.3 Å². The monoisotopic (exact) mass is 1540 g/mol. The summed E-state index contributed by atoms with van der Waals surface area (Å²) >= 11 is 8.63. The van der Waals surface area contributed by atoms with Gasteiger partial charge >= 0.3 is 5.97 Å². The highest BCUT2D eigenvalue weighted by molar-refractivity contribution is 7.81. The number of hydrogen-bond donors (Lipinski definition) is 18. The molecule has 2 aliphatic rings. The molecule has 19 N–H and O–H groups in total. The third-order valence-corrected chi connectivity index (χ3v) is 18.8. The number of phenolic OH excluding ortho intramolecular Hbond substituents is 1. The van der Waals surface area contributed by atoms with Gasteiger partial charge in [0.25, 0.3) is 0 Å². The second-order valence-electron chi connectivity index (χ2n) is 27.8. The number of amides is 12. The summed E-state index contributed by atoms with van der Waals surface area (Å²) < 4.78 is -1.36. The molecule has 3 heterocycles. The van der Waals surface area contributed by atoms with Crippen LogP contribution in [-0.2, 0) is 88.0 Å². The number of aliphatic imine (C=N–C) groups is 1. The number of nitrogens with two attached hydrogens (primary N) is 3. The number of carboxylic acid groups (broad SMARTS) is 1. The first-order valence-corrected chi connectivity index (χ1v) is 36.6. The predicted octanol–water partition coefficient (Wildman–Crippen LogP) is -2.65. The smallest absolute Gasteiger partial charge is 0.327 e. The fourth-order valence-electron chi connectivity index (χ4n) is 12.2. The van der Waals surface area contributed by atoms with Gasteiger partial charge in [-0.05, 0) is 100 Å². The topological polar surface area (TPSA) is 520 Å². The van der Waals surface area contributed by atoms with Gasteiger partial charge in [-0.3, -0.25) is 62.5 Å². The van der Waals surface area contributed by atoms with Crippen LogP contribution in [-0.4, -0.2) is 246 Å². The van der Waals surface area contributed by atoms with Crippen molar-refractivity contribution >= 4 is 108 Å². The first-order chi connectivity index (χ1) is 51.1. The second kappa shape index (κ2) is 41.7. The maximum Gasteiger partial charge on any atom is 0.327 e. The van der Waals surface area contributed by atoms with Gasteiger partial charge in [-0.25, -0.2) is 9.78 Å². The Morgan fingerprint density at radius 3 is 1.85 bits per heavy atom. The summed E-state index contributed by atoms with van der Waals surface area (Å²) in [7, 11) is 1.38. The second-order valence-corrected chi connectivity index (χ2v) is 29.3. The molecule has 2 saturated heterocycles. The molecule has 0 saturated carbocycles. The van der Waals surface area contributed by atoms with E-state index in [-0.39, 0.29) is 94.4 Å². The highest BCUT2D eigenvalue weighted by atomic mass is 32.1. The minimum Gasteiger partial charge on any atom is -0.508 e. The van der Waals surface area contributed by atoms with Crippen molar-refractivity contribution in [3.05, 3.63) is 120 Å². The first-order valence-electron chi connectivity index (χ1n) is 35.6. The van der Waals surface area contributed by atoms with Crippen LogP contribution in [0.1, 0.15) is 102 Å². The maximum absolute atomic E-state index is 14.6. The van der Waals surface area contributed by atoms with E-state index in [1.165, 1.54) is 67.2 Å². The number of H-pyrrole nitrogens is 1. The minimum absolute atomic E-state index is 0.0355. The summed E-state index contributed by atoms with van der Waals surface area (Å²) in [4.78, 5) is 197. The number of rotatable bonds is 40. The lowest BCUT2D eigenvalue weighted by Crippen LogP contribution is -2.63. The maximum atomic E-state index is 14.6. The van der Waals surface area contributed by atoms with Crippen molar-refractivity contribution in [2.75, 3.05) is 45.5 Å². The Hall–Kier alpha value is -10.3. The zero-order valence-electron chi connectivity index (χ0n) is 61.3. The Kier molecular flexibility index (Phi) is 33.4. The summed E-state index contributed by atoms with van der Waals surface area (Å²) in [6.45, 7) is 6.85. The quantitative estimate of drug-likeness (QED) is 0.00936. The van der Waals surface area contributed by atoms with Crippen LogP contribution in [0.25, 0.3) is 0 Å². The zero-order valence-corrected chi connectivity index (χ0v) is 63.1. The number of aromatic amines is 1. The number of imidazole rings is 1. The van der Waals surface area contributed by atoms with E-state index in [0.29, 0.717) is 41.6 Å². The van der Waals surface area contributed by atoms with Crippen LogP contribution in [0, 0.1) is 5.92 Å². The van der Waals surface area contributed by atoms with Crippen molar-refractivity contribution in [2.45, 2.75) is 183 Å². The number of likely N-dealkylation sites (N-methyl/N-ethyl adjacent to an activating group) is 1. The molecule has 6 rings (SSSR count). The molecule has 0 radical (unpaired) electrons. The van der Waals surface area contributed by atoms with Crippen LogP contribution in [0.2, 0.25) is 0 Å². The van der Waals surface area contributed by atoms with E-state index in [1.807, 2.05) is 13.8 Å². The van der Waals surface area contributed by atoms with Crippen LogP contribution in [0.5, 0.6) is 5.75 Å². The molecule has 3 aromatic carbocycles. The Bertz CT molecular complexity index is 3770. The van der Waals surface area contributed by atoms with Gasteiger partial charge in [0.1, 0.15) is 66.2 Å². The standard InChI is InChI=1S/C72H102N18O16S2/c1-40(2)30-55(65(100)84-52(33-44-23-25-46(92)26-24-44)69(104)90-29-15-22-54(90)64(99)85-53(38-107)70(105)106)88(6)57(94)37-89-28-14-21-48(68(89)103)81-61(96)49(31-42-16-9-7-10-17-42)83-62(97)51(34-45-35-76-39-79-45)80-56(93)36-78-66(101)58(41(3)91)86-67(102)59(72(4,5)108)87-63(98)50(32-43-18-11-8-12-19-43)82-60(95)47(73)20-13-27-77-71(74)75/h7-12,16-19,23-26,35,39-41,47-55,58-59,91-92,107-108H,13-15,20-22,27-34,36-38,73H2,1-6H3,(H,76,79)(H,78,101)(H,80,93)(H,81,96)(H,82,95)(H,83,97)(H,84,100)(H,85,99)(H,86,102)(H,87,98)(H,105,106)(H4,74,75,77)/t41-,47+,48-,49+,50+,51+,52+,53+,54+,55+,58+,59+/m1/s1. The Labute approximate surface area is 637 Å². The van der Waals surface area contributed by atoms with Crippen molar-refractivity contribution in [3.8, 4) is 5.75 Å². The molecule has 2 aliphatic heterocycles. The molecule has 36 heteroatoms. The molecule has 2 fully saturated rings. The van der Waals surface area contributed by atoms with E-state index in [0.717, 1.165) is 0 Å².